The summed E-state index contributed by atoms with van der Waals surface area (Å²) >= 11 is 1.99. The van der Waals surface area contributed by atoms with Crippen molar-refractivity contribution in [3.05, 3.63) is 43.0 Å². The third-order valence-electron chi connectivity index (χ3n) is 3.03. The monoisotopic (exact) mass is 409 g/mol. The average molecular weight is 409 g/mol. The van der Waals surface area contributed by atoms with E-state index in [4.69, 9.17) is 15.7 Å². The zero-order valence-corrected chi connectivity index (χ0v) is 13.3. The Kier molecular flexibility index (Phi) is 7.43. The number of aryl methyl sites for hydroxylation is 1. The number of hydrogen-bond acceptors (Lipinski definition) is 5. The molecule has 1 aromatic heterocycles. The van der Waals surface area contributed by atoms with Gasteiger partial charge in [0.15, 0.2) is 0 Å². The summed E-state index contributed by atoms with van der Waals surface area (Å²) in [7, 11) is 0. The van der Waals surface area contributed by atoms with Crippen LogP contribution in [0.1, 0.15) is 18.0 Å². The quantitative estimate of drug-likeness (QED) is 0.187. The average Bonchev–Trinajstić information content (AvgIpc) is 2.48. The third-order valence-corrected chi connectivity index (χ3v) is 3.86. The van der Waals surface area contributed by atoms with Crippen molar-refractivity contribution in [3.63, 3.8) is 0 Å². The second-order valence-electron chi connectivity index (χ2n) is 4.43. The van der Waals surface area contributed by atoms with E-state index in [-0.39, 0.29) is 31.2 Å². The number of aliphatic hydroxyl groups is 2. The zero-order valence-electron chi connectivity index (χ0n) is 11.1. The number of aliphatic hydroxyl groups excluding tert-OH is 2. The van der Waals surface area contributed by atoms with Crippen LogP contribution in [0.5, 0.6) is 0 Å². The molecule has 0 spiro atoms. The smallest absolute Gasteiger partial charge is 0.328 e. The Morgan fingerprint density at radius 1 is 1.43 bits per heavy atom. The second-order valence-corrected chi connectivity index (χ2v) is 5.31. The van der Waals surface area contributed by atoms with E-state index in [0.717, 1.165) is 0 Å². The molecule has 1 heterocycles. The fourth-order valence-corrected chi connectivity index (χ4v) is 2.38. The van der Waals surface area contributed by atoms with Gasteiger partial charge in [-0.3, -0.25) is 9.78 Å². The first-order valence-corrected chi connectivity index (χ1v) is 7.75. The molecule has 0 aromatic carbocycles. The van der Waals surface area contributed by atoms with Gasteiger partial charge in [0.25, 0.3) is 5.56 Å². The Morgan fingerprint density at radius 2 is 2.10 bits per heavy atom. The molecule has 0 saturated heterocycles. The number of azide groups is 1. The second kappa shape index (κ2) is 8.82. The largest absolute Gasteiger partial charge is 0.396 e. The molecule has 1 unspecified atom stereocenters. The Bertz CT molecular complexity index is 618. The van der Waals surface area contributed by atoms with Gasteiger partial charge in [-0.1, -0.05) is 27.7 Å². The van der Waals surface area contributed by atoms with E-state index in [2.05, 4.69) is 15.0 Å². The van der Waals surface area contributed by atoms with Gasteiger partial charge in [-0.25, -0.2) is 4.79 Å². The van der Waals surface area contributed by atoms with Crippen LogP contribution in [-0.4, -0.2) is 37.4 Å². The molecule has 0 bridgehead atoms. The Hall–Kier alpha value is -1.36. The molecule has 1 aromatic rings. The molecule has 0 amide bonds. The number of nitrogens with zero attached hydrogens (tertiary/aromatic N) is 4. The highest BCUT2D eigenvalue weighted by molar-refractivity contribution is 14.1. The van der Waals surface area contributed by atoms with Crippen molar-refractivity contribution in [1.82, 2.24) is 9.55 Å². The van der Waals surface area contributed by atoms with E-state index >= 15 is 0 Å². The van der Waals surface area contributed by atoms with Gasteiger partial charge >= 0.3 is 5.69 Å². The molecule has 3 N–H and O–H groups in total. The normalized spacial score (nSPS) is 12.2. The topological polar surface area (TPSA) is 144 Å². The summed E-state index contributed by atoms with van der Waals surface area (Å²) in [4.78, 5) is 28.4. The van der Waals surface area contributed by atoms with E-state index in [1.165, 1.54) is 10.8 Å². The maximum absolute atomic E-state index is 11.8. The first-order chi connectivity index (χ1) is 10.1. The molecular weight excluding hydrogens is 393 g/mol. The summed E-state index contributed by atoms with van der Waals surface area (Å²) in [5, 5.41) is 21.5. The maximum atomic E-state index is 11.8. The van der Waals surface area contributed by atoms with Gasteiger partial charge in [0, 0.05) is 46.8 Å². The molecule has 0 aliphatic rings. The van der Waals surface area contributed by atoms with E-state index in [9.17, 15) is 9.59 Å². The molecule has 0 radical (unpaired) electrons. The van der Waals surface area contributed by atoms with Gasteiger partial charge < -0.3 is 14.8 Å². The van der Waals surface area contributed by atoms with Gasteiger partial charge in [0.1, 0.15) is 0 Å². The van der Waals surface area contributed by atoms with Crippen molar-refractivity contribution >= 4 is 22.6 Å². The molecule has 1 rings (SSSR count). The zero-order chi connectivity index (χ0) is 15.8. The van der Waals surface area contributed by atoms with E-state index in [1.54, 1.807) is 0 Å². The Balaban J connectivity index is 3.08. The first-order valence-electron chi connectivity index (χ1n) is 6.22. The number of aromatic nitrogens is 2. The lowest BCUT2D eigenvalue weighted by Gasteiger charge is -2.13. The van der Waals surface area contributed by atoms with Crippen LogP contribution >= 0.6 is 22.6 Å². The van der Waals surface area contributed by atoms with Gasteiger partial charge in [-0.05, 0) is 12.0 Å². The minimum atomic E-state index is -0.655. The van der Waals surface area contributed by atoms with Crippen LogP contribution in [0.2, 0.25) is 0 Å². The molecule has 0 aliphatic carbocycles. The highest BCUT2D eigenvalue weighted by Crippen LogP contribution is 2.16. The van der Waals surface area contributed by atoms with E-state index < -0.39 is 17.3 Å². The van der Waals surface area contributed by atoms with Crippen LogP contribution in [0.3, 0.4) is 0 Å². The maximum Gasteiger partial charge on any atom is 0.328 e. The number of rotatable bonds is 8. The standard InChI is InChI=1S/C11H16IN5O4/c12-3-9(15-16-13)8-4-17(11(21)14-10(8)20)2-1-7(5-18)6-19/h4,7,9,18-19H,1-3,5-6H2,(H,14,20,21). The molecule has 116 valence electrons. The summed E-state index contributed by atoms with van der Waals surface area (Å²) in [5.41, 5.74) is 7.56. The summed E-state index contributed by atoms with van der Waals surface area (Å²) in [6, 6.07) is -0.655. The summed E-state index contributed by atoms with van der Waals surface area (Å²) in [6.07, 6.45) is 1.75. The lowest BCUT2D eigenvalue weighted by molar-refractivity contribution is 0.140. The highest BCUT2D eigenvalue weighted by Gasteiger charge is 2.15. The molecule has 21 heavy (non-hydrogen) atoms. The van der Waals surface area contributed by atoms with Crippen LogP contribution in [0.4, 0.5) is 0 Å². The van der Waals surface area contributed by atoms with E-state index in [1.807, 2.05) is 22.6 Å². The molecule has 0 aliphatic heterocycles. The lowest BCUT2D eigenvalue weighted by atomic mass is 10.1. The fourth-order valence-electron chi connectivity index (χ4n) is 1.73. The van der Waals surface area contributed by atoms with Crippen molar-refractivity contribution in [2.24, 2.45) is 11.0 Å². The molecule has 0 fully saturated rings. The Morgan fingerprint density at radius 3 is 2.62 bits per heavy atom. The van der Waals surface area contributed by atoms with Gasteiger partial charge in [-0.2, -0.15) is 0 Å². The lowest BCUT2D eigenvalue weighted by Crippen LogP contribution is -2.33. The summed E-state index contributed by atoms with van der Waals surface area (Å²) < 4.78 is 1.68. The van der Waals surface area contributed by atoms with Crippen molar-refractivity contribution in [3.8, 4) is 0 Å². The van der Waals surface area contributed by atoms with Crippen LogP contribution in [0, 0.1) is 5.92 Å². The number of alkyl halides is 1. The first kappa shape index (κ1) is 17.7. The molecule has 1 atom stereocenters. The van der Waals surface area contributed by atoms with Gasteiger partial charge in [0.2, 0.25) is 0 Å². The molecule has 9 nitrogen and oxygen atoms in total. The van der Waals surface area contributed by atoms with Crippen LogP contribution in [-0.2, 0) is 6.54 Å². The molecule has 0 saturated carbocycles. The van der Waals surface area contributed by atoms with E-state index in [0.29, 0.717) is 10.8 Å². The summed E-state index contributed by atoms with van der Waals surface area (Å²) in [5.74, 6) is -0.329. The number of hydrogen-bond donors (Lipinski definition) is 3. The van der Waals surface area contributed by atoms with Crippen molar-refractivity contribution in [2.45, 2.75) is 19.0 Å². The number of aromatic amines is 1. The Labute approximate surface area is 133 Å². The van der Waals surface area contributed by atoms with Crippen molar-refractivity contribution in [1.29, 1.82) is 0 Å². The van der Waals surface area contributed by atoms with Crippen LogP contribution in [0.15, 0.2) is 20.9 Å². The van der Waals surface area contributed by atoms with Crippen LogP contribution in [0.25, 0.3) is 10.4 Å². The van der Waals surface area contributed by atoms with Crippen LogP contribution < -0.4 is 11.2 Å². The minimum absolute atomic E-state index is 0.184. The number of nitrogens with one attached hydrogen (secondary N) is 1. The SMILES string of the molecule is [N-]=[N+]=NC(CI)c1cn(CCC(CO)CO)c(=O)[nH]c1=O. The van der Waals surface area contributed by atoms with Gasteiger partial charge in [0.05, 0.1) is 6.04 Å². The number of H-pyrrole nitrogens is 1. The third kappa shape index (κ3) is 4.84. The molecule has 10 heteroatoms. The van der Waals surface area contributed by atoms with Crippen molar-refractivity contribution in [2.75, 3.05) is 17.6 Å². The van der Waals surface area contributed by atoms with Crippen molar-refractivity contribution < 1.29 is 10.2 Å². The minimum Gasteiger partial charge on any atom is -0.396 e. The van der Waals surface area contributed by atoms with Gasteiger partial charge in [-0.15, -0.1) is 0 Å². The predicted octanol–water partition coefficient (Wildman–Crippen LogP) is 0.314. The highest BCUT2D eigenvalue weighted by atomic mass is 127. The number of halogens is 1. The summed E-state index contributed by atoms with van der Waals surface area (Å²) in [6.45, 7) is -0.133. The fraction of sp³-hybridized carbons (Fsp3) is 0.636. The molecular formula is C11H16IN5O4. The predicted molar refractivity (Wildman–Crippen MR) is 84.4 cm³/mol.